The molecule has 6 rings (SSSR count). The van der Waals surface area contributed by atoms with Crippen molar-refractivity contribution in [3.05, 3.63) is 82.4 Å². The van der Waals surface area contributed by atoms with E-state index in [4.69, 9.17) is 11.6 Å². The highest BCUT2D eigenvalue weighted by Crippen LogP contribution is 2.43. The predicted octanol–water partition coefficient (Wildman–Crippen LogP) is 6.24. The van der Waals surface area contributed by atoms with Gasteiger partial charge in [-0.25, -0.2) is 0 Å². The SMILES string of the molecule is OC1NCc2c(Cl)c(-c3ccccc3)cc(-c3cc4cc(CN5CCCCC5)ccc4[nH]3)c21. The first-order chi connectivity index (χ1) is 16.2. The Balaban J connectivity index is 1.43. The number of aromatic amines is 1. The summed E-state index contributed by atoms with van der Waals surface area (Å²) in [6.45, 7) is 3.96. The van der Waals surface area contributed by atoms with Crippen molar-refractivity contribution in [2.45, 2.75) is 38.6 Å². The van der Waals surface area contributed by atoms with Crippen molar-refractivity contribution in [3.8, 4) is 22.4 Å². The molecule has 1 saturated heterocycles. The van der Waals surface area contributed by atoms with Gasteiger partial charge in [0, 0.05) is 46.4 Å². The van der Waals surface area contributed by atoms with Gasteiger partial charge in [0.25, 0.3) is 0 Å². The van der Waals surface area contributed by atoms with E-state index in [9.17, 15) is 5.11 Å². The van der Waals surface area contributed by atoms with E-state index in [1.165, 1.54) is 43.3 Å². The highest BCUT2D eigenvalue weighted by molar-refractivity contribution is 6.34. The monoisotopic (exact) mass is 457 g/mol. The molecule has 1 unspecified atom stereocenters. The standard InChI is InChI=1S/C28H28ClN3O/c29-27-21(19-7-3-1-4-8-19)15-22(26-23(27)16-30-28(26)33)25-14-20-13-18(9-10-24(20)31-25)17-32-11-5-2-6-12-32/h1,3-4,7-10,13-15,28,30-31,33H,2,5-6,11-12,16-17H2. The minimum absolute atomic E-state index is 0.559. The zero-order chi connectivity index (χ0) is 22.4. The number of halogens is 1. The van der Waals surface area contributed by atoms with Gasteiger partial charge >= 0.3 is 0 Å². The fourth-order valence-corrected chi connectivity index (χ4v) is 5.70. The third kappa shape index (κ3) is 3.87. The molecule has 2 aliphatic heterocycles. The Kier molecular flexibility index (Phi) is 5.47. The lowest BCUT2D eigenvalue weighted by atomic mass is 9.93. The van der Waals surface area contributed by atoms with Gasteiger partial charge < -0.3 is 10.1 Å². The summed E-state index contributed by atoms with van der Waals surface area (Å²) in [4.78, 5) is 6.15. The summed E-state index contributed by atoms with van der Waals surface area (Å²) in [5.41, 5.74) is 8.39. The number of rotatable bonds is 4. The molecule has 4 aromatic rings. The Morgan fingerprint density at radius 3 is 2.58 bits per heavy atom. The van der Waals surface area contributed by atoms with Gasteiger partial charge in [0.15, 0.2) is 0 Å². The van der Waals surface area contributed by atoms with Crippen LogP contribution in [0.3, 0.4) is 0 Å². The predicted molar refractivity (Wildman–Crippen MR) is 135 cm³/mol. The Morgan fingerprint density at radius 1 is 0.939 bits per heavy atom. The smallest absolute Gasteiger partial charge is 0.132 e. The number of hydrogen-bond donors (Lipinski definition) is 3. The van der Waals surface area contributed by atoms with E-state index in [0.29, 0.717) is 11.6 Å². The number of aromatic nitrogens is 1. The van der Waals surface area contributed by atoms with E-state index in [2.05, 4.69) is 57.7 Å². The first-order valence-corrected chi connectivity index (χ1v) is 12.2. The Hall–Kier alpha value is -2.63. The largest absolute Gasteiger partial charge is 0.374 e. The summed E-state index contributed by atoms with van der Waals surface area (Å²) in [5, 5.41) is 15.8. The first-order valence-electron chi connectivity index (χ1n) is 11.8. The Labute approximate surface area is 199 Å². The fourth-order valence-electron chi connectivity index (χ4n) is 5.37. The van der Waals surface area contributed by atoms with Gasteiger partial charge in [-0.05, 0) is 66.9 Å². The van der Waals surface area contributed by atoms with Crippen molar-refractivity contribution in [2.24, 2.45) is 0 Å². The van der Waals surface area contributed by atoms with Gasteiger partial charge in [0.2, 0.25) is 0 Å². The molecule has 168 valence electrons. The maximum Gasteiger partial charge on any atom is 0.132 e. The summed E-state index contributed by atoms with van der Waals surface area (Å²) in [7, 11) is 0. The zero-order valence-electron chi connectivity index (χ0n) is 18.6. The van der Waals surface area contributed by atoms with Crippen LogP contribution in [0, 0.1) is 0 Å². The van der Waals surface area contributed by atoms with E-state index in [-0.39, 0.29) is 0 Å². The van der Waals surface area contributed by atoms with Crippen molar-refractivity contribution in [2.75, 3.05) is 13.1 Å². The van der Waals surface area contributed by atoms with Crippen molar-refractivity contribution >= 4 is 22.5 Å². The molecule has 3 heterocycles. The van der Waals surface area contributed by atoms with Crippen LogP contribution in [0.2, 0.25) is 5.02 Å². The van der Waals surface area contributed by atoms with Crippen LogP contribution in [0.4, 0.5) is 0 Å². The molecule has 1 fully saturated rings. The number of fused-ring (bicyclic) bond motifs is 2. The lowest BCUT2D eigenvalue weighted by Gasteiger charge is -2.26. The van der Waals surface area contributed by atoms with Crippen LogP contribution in [0.1, 0.15) is 42.2 Å². The molecule has 0 spiro atoms. The molecule has 33 heavy (non-hydrogen) atoms. The average Bonchev–Trinajstić information content (AvgIpc) is 3.45. The number of nitrogens with one attached hydrogen (secondary N) is 2. The molecule has 2 aliphatic rings. The second-order valence-corrected chi connectivity index (χ2v) is 9.65. The van der Waals surface area contributed by atoms with Gasteiger partial charge in [0.05, 0.1) is 5.02 Å². The lowest BCUT2D eigenvalue weighted by molar-refractivity contribution is 0.152. The number of likely N-dealkylation sites (tertiary alicyclic amines) is 1. The van der Waals surface area contributed by atoms with E-state index in [0.717, 1.165) is 45.6 Å². The van der Waals surface area contributed by atoms with E-state index < -0.39 is 6.23 Å². The molecule has 3 aromatic carbocycles. The molecule has 5 heteroatoms. The van der Waals surface area contributed by atoms with Crippen LogP contribution >= 0.6 is 11.6 Å². The molecule has 0 bridgehead atoms. The highest BCUT2D eigenvalue weighted by Gasteiger charge is 2.29. The highest BCUT2D eigenvalue weighted by atomic mass is 35.5. The van der Waals surface area contributed by atoms with E-state index >= 15 is 0 Å². The minimum Gasteiger partial charge on any atom is -0.374 e. The Bertz CT molecular complexity index is 1310. The van der Waals surface area contributed by atoms with Crippen LogP contribution in [-0.2, 0) is 13.1 Å². The fraction of sp³-hybridized carbons (Fsp3) is 0.286. The number of nitrogens with zero attached hydrogens (tertiary/aromatic N) is 1. The van der Waals surface area contributed by atoms with Crippen molar-refractivity contribution < 1.29 is 5.11 Å². The number of hydrogen-bond acceptors (Lipinski definition) is 3. The molecule has 0 amide bonds. The van der Waals surface area contributed by atoms with Crippen LogP contribution in [0.15, 0.2) is 60.7 Å². The van der Waals surface area contributed by atoms with Gasteiger partial charge in [0.1, 0.15) is 6.23 Å². The van der Waals surface area contributed by atoms with Crippen molar-refractivity contribution in [3.63, 3.8) is 0 Å². The van der Waals surface area contributed by atoms with E-state index in [1.54, 1.807) is 0 Å². The maximum atomic E-state index is 10.7. The number of piperidine rings is 1. The second-order valence-electron chi connectivity index (χ2n) is 9.27. The Morgan fingerprint density at radius 2 is 1.76 bits per heavy atom. The zero-order valence-corrected chi connectivity index (χ0v) is 19.3. The summed E-state index contributed by atoms with van der Waals surface area (Å²) in [6.07, 6.45) is 3.24. The van der Waals surface area contributed by atoms with Gasteiger partial charge in [-0.2, -0.15) is 0 Å². The van der Waals surface area contributed by atoms with Crippen LogP contribution in [0.5, 0.6) is 0 Å². The quantitative estimate of drug-likeness (QED) is 0.340. The second kappa shape index (κ2) is 8.62. The molecular formula is C28H28ClN3O. The molecule has 4 nitrogen and oxygen atoms in total. The van der Waals surface area contributed by atoms with Gasteiger partial charge in [-0.1, -0.05) is 54.4 Å². The molecule has 1 aromatic heterocycles. The summed E-state index contributed by atoms with van der Waals surface area (Å²) in [6, 6.07) is 21.3. The summed E-state index contributed by atoms with van der Waals surface area (Å²) in [5.74, 6) is 0. The summed E-state index contributed by atoms with van der Waals surface area (Å²) < 4.78 is 0. The molecule has 0 saturated carbocycles. The molecule has 0 radical (unpaired) electrons. The van der Waals surface area contributed by atoms with Crippen molar-refractivity contribution in [1.29, 1.82) is 0 Å². The van der Waals surface area contributed by atoms with Crippen molar-refractivity contribution in [1.82, 2.24) is 15.2 Å². The first kappa shape index (κ1) is 20.9. The van der Waals surface area contributed by atoms with Gasteiger partial charge in [-0.15, -0.1) is 0 Å². The molecule has 3 N–H and O–H groups in total. The minimum atomic E-state index is -0.724. The normalized spacial score (nSPS) is 18.7. The third-order valence-electron chi connectivity index (χ3n) is 7.07. The molecule has 1 atom stereocenters. The van der Waals surface area contributed by atoms with Crippen LogP contribution in [-0.4, -0.2) is 28.1 Å². The average molecular weight is 458 g/mol. The molecule has 0 aliphatic carbocycles. The van der Waals surface area contributed by atoms with Crippen LogP contribution in [0.25, 0.3) is 33.3 Å². The number of aliphatic hydroxyl groups is 1. The molecular weight excluding hydrogens is 430 g/mol. The number of aliphatic hydroxyl groups excluding tert-OH is 1. The van der Waals surface area contributed by atoms with Crippen LogP contribution < -0.4 is 5.32 Å². The number of H-pyrrole nitrogens is 1. The van der Waals surface area contributed by atoms with Gasteiger partial charge in [-0.3, -0.25) is 10.2 Å². The third-order valence-corrected chi connectivity index (χ3v) is 7.50. The summed E-state index contributed by atoms with van der Waals surface area (Å²) >= 11 is 6.84. The maximum absolute atomic E-state index is 10.7. The van der Waals surface area contributed by atoms with E-state index in [1.807, 2.05) is 18.2 Å². The number of benzene rings is 3. The topological polar surface area (TPSA) is 51.3 Å². The lowest BCUT2D eigenvalue weighted by Crippen LogP contribution is -2.28.